The van der Waals surface area contributed by atoms with Crippen molar-refractivity contribution in [3.63, 3.8) is 0 Å². The molecule has 1 N–H and O–H groups in total. The molecule has 0 radical (unpaired) electrons. The lowest BCUT2D eigenvalue weighted by Crippen LogP contribution is -2.48. The average Bonchev–Trinajstić information content (AvgIpc) is 3.06. The number of halogens is 1. The first kappa shape index (κ1) is 34.5. The van der Waals surface area contributed by atoms with Crippen LogP contribution in [0.3, 0.4) is 0 Å². The second-order valence-corrected chi connectivity index (χ2v) is 14.6. The molecule has 2 aliphatic rings. The van der Waals surface area contributed by atoms with Gasteiger partial charge < -0.3 is 10.1 Å². The SMILES string of the molecule is CC(C)N1CCN(Cc2ccc(-c3cccc(-n4c(=O)n([C@H]5CC[C@@H](NC(=O)OC(C)(C)C)CC5)c(=O)c5cc(F)cnc54)c3)cc2)CC1. The third-order valence-electron chi connectivity index (χ3n) is 9.61. The number of amides is 1. The van der Waals surface area contributed by atoms with Crippen LogP contribution in [-0.2, 0) is 11.3 Å². The third-order valence-corrected chi connectivity index (χ3v) is 9.61. The number of fused-ring (bicyclic) bond motifs is 1. The molecule has 0 unspecified atom stereocenters. The number of piperazine rings is 1. The number of pyridine rings is 1. The largest absolute Gasteiger partial charge is 0.444 e. The number of alkyl carbamates (subject to hydrolysis) is 1. The summed E-state index contributed by atoms with van der Waals surface area (Å²) >= 11 is 0. The van der Waals surface area contributed by atoms with E-state index in [2.05, 4.69) is 58.2 Å². The van der Waals surface area contributed by atoms with Gasteiger partial charge in [0.1, 0.15) is 11.4 Å². The molecule has 1 saturated carbocycles. The topological polar surface area (TPSA) is 102 Å². The second kappa shape index (κ2) is 14.2. The summed E-state index contributed by atoms with van der Waals surface area (Å²) in [5.74, 6) is -0.651. The van der Waals surface area contributed by atoms with Gasteiger partial charge in [-0.15, -0.1) is 0 Å². The van der Waals surface area contributed by atoms with Crippen LogP contribution in [0.5, 0.6) is 0 Å². The Bertz CT molecular complexity index is 1910. The number of rotatable bonds is 7. The smallest absolute Gasteiger partial charge is 0.407 e. The molecule has 1 aliphatic heterocycles. The molecular weight excluding hydrogens is 623 g/mol. The zero-order valence-electron chi connectivity index (χ0n) is 29.1. The van der Waals surface area contributed by atoms with Gasteiger partial charge in [0.15, 0.2) is 5.65 Å². The summed E-state index contributed by atoms with van der Waals surface area (Å²) in [4.78, 5) is 49.6. The van der Waals surface area contributed by atoms with E-state index < -0.39 is 34.8 Å². The lowest BCUT2D eigenvalue weighted by atomic mass is 9.91. The van der Waals surface area contributed by atoms with Crippen LogP contribution >= 0.6 is 0 Å². The summed E-state index contributed by atoms with van der Waals surface area (Å²) in [6.45, 7) is 15.1. The zero-order chi connectivity index (χ0) is 34.9. The van der Waals surface area contributed by atoms with Gasteiger partial charge in [0, 0.05) is 50.8 Å². The Morgan fingerprint density at radius 1 is 0.959 bits per heavy atom. The quantitative estimate of drug-likeness (QED) is 0.262. The van der Waals surface area contributed by atoms with Gasteiger partial charge in [-0.25, -0.2) is 23.5 Å². The third kappa shape index (κ3) is 7.94. The molecule has 1 saturated heterocycles. The van der Waals surface area contributed by atoms with Gasteiger partial charge in [-0.05, 0) is 95.2 Å². The molecule has 2 fully saturated rings. The highest BCUT2D eigenvalue weighted by Gasteiger charge is 2.29. The van der Waals surface area contributed by atoms with Gasteiger partial charge in [0.05, 0.1) is 17.3 Å². The molecule has 1 aliphatic carbocycles. The van der Waals surface area contributed by atoms with Crippen molar-refractivity contribution < 1.29 is 13.9 Å². The highest BCUT2D eigenvalue weighted by Crippen LogP contribution is 2.29. The molecule has 3 heterocycles. The van der Waals surface area contributed by atoms with E-state index in [4.69, 9.17) is 4.74 Å². The predicted octanol–water partition coefficient (Wildman–Crippen LogP) is 5.89. The van der Waals surface area contributed by atoms with Crippen LogP contribution in [0.15, 0.2) is 70.4 Å². The Morgan fingerprint density at radius 2 is 1.65 bits per heavy atom. The van der Waals surface area contributed by atoms with Gasteiger partial charge >= 0.3 is 11.8 Å². The van der Waals surface area contributed by atoms with E-state index in [9.17, 15) is 18.8 Å². The van der Waals surface area contributed by atoms with Crippen molar-refractivity contribution in [2.75, 3.05) is 26.2 Å². The Hall–Kier alpha value is -4.35. The molecule has 49 heavy (non-hydrogen) atoms. The van der Waals surface area contributed by atoms with E-state index in [0.29, 0.717) is 37.4 Å². The van der Waals surface area contributed by atoms with Crippen molar-refractivity contribution in [2.45, 2.75) is 90.6 Å². The van der Waals surface area contributed by atoms with Gasteiger partial charge in [-0.3, -0.25) is 19.2 Å². The maximum atomic E-state index is 14.5. The second-order valence-electron chi connectivity index (χ2n) is 14.6. The first-order valence-electron chi connectivity index (χ1n) is 17.3. The Balaban J connectivity index is 1.25. The lowest BCUT2D eigenvalue weighted by molar-refractivity contribution is 0.0487. The monoisotopic (exact) mass is 670 g/mol. The molecule has 1 amide bonds. The molecule has 6 rings (SSSR count). The fraction of sp³-hybridized carbons (Fsp3) is 0.474. The maximum Gasteiger partial charge on any atom is 0.407 e. The molecule has 2 aromatic heterocycles. The molecule has 4 aromatic rings. The lowest BCUT2D eigenvalue weighted by Gasteiger charge is -2.36. The summed E-state index contributed by atoms with van der Waals surface area (Å²) in [5.41, 5.74) is 2.09. The van der Waals surface area contributed by atoms with Crippen LogP contribution in [0.2, 0.25) is 0 Å². The number of nitrogens with zero attached hydrogens (tertiary/aromatic N) is 5. The average molecular weight is 671 g/mol. The van der Waals surface area contributed by atoms with Gasteiger partial charge in [0.2, 0.25) is 0 Å². The molecule has 11 heteroatoms. The zero-order valence-corrected chi connectivity index (χ0v) is 29.1. The van der Waals surface area contributed by atoms with Crippen molar-refractivity contribution in [3.8, 4) is 16.8 Å². The first-order valence-corrected chi connectivity index (χ1v) is 17.3. The molecule has 10 nitrogen and oxygen atoms in total. The van der Waals surface area contributed by atoms with E-state index in [0.717, 1.165) is 56.1 Å². The van der Waals surface area contributed by atoms with Crippen LogP contribution in [0.4, 0.5) is 9.18 Å². The Labute approximate surface area is 286 Å². The summed E-state index contributed by atoms with van der Waals surface area (Å²) in [7, 11) is 0. The maximum absolute atomic E-state index is 14.5. The molecule has 0 spiro atoms. The van der Waals surface area contributed by atoms with Crippen LogP contribution in [-0.4, -0.2) is 73.9 Å². The number of hydrogen-bond donors (Lipinski definition) is 1. The Kier molecular flexibility index (Phi) is 10.0. The number of nitrogens with one attached hydrogen (secondary N) is 1. The van der Waals surface area contributed by atoms with Crippen LogP contribution in [0.1, 0.15) is 71.9 Å². The molecule has 0 bridgehead atoms. The number of hydrogen-bond acceptors (Lipinski definition) is 7. The molecule has 2 aromatic carbocycles. The fourth-order valence-electron chi connectivity index (χ4n) is 7.01. The van der Waals surface area contributed by atoms with E-state index in [1.54, 1.807) is 26.8 Å². The number of carbonyl (C=O) groups excluding carboxylic acids is 1. The predicted molar refractivity (Wildman–Crippen MR) is 190 cm³/mol. The van der Waals surface area contributed by atoms with E-state index >= 15 is 0 Å². The van der Waals surface area contributed by atoms with Gasteiger partial charge in [-0.2, -0.15) is 0 Å². The van der Waals surface area contributed by atoms with E-state index in [-0.39, 0.29) is 17.1 Å². The first-order chi connectivity index (χ1) is 23.4. The highest BCUT2D eigenvalue weighted by atomic mass is 19.1. The Morgan fingerprint density at radius 3 is 2.31 bits per heavy atom. The normalized spacial score (nSPS) is 19.3. The van der Waals surface area contributed by atoms with Crippen molar-refractivity contribution >= 4 is 17.1 Å². The molecule has 0 atom stereocenters. The number of carbonyl (C=O) groups is 1. The molecular formula is C38H47FN6O4. The summed E-state index contributed by atoms with van der Waals surface area (Å²) in [5, 5.41) is 2.95. The van der Waals surface area contributed by atoms with E-state index in [1.807, 2.05) is 18.2 Å². The van der Waals surface area contributed by atoms with Crippen molar-refractivity contribution in [1.82, 2.24) is 29.2 Å². The van der Waals surface area contributed by atoms with Crippen molar-refractivity contribution in [2.24, 2.45) is 0 Å². The van der Waals surface area contributed by atoms with Crippen LogP contribution < -0.4 is 16.6 Å². The van der Waals surface area contributed by atoms with Crippen molar-refractivity contribution in [3.05, 3.63) is 93.0 Å². The summed E-state index contributed by atoms with van der Waals surface area (Å²) < 4.78 is 22.5. The number of benzene rings is 2. The van der Waals surface area contributed by atoms with Gasteiger partial charge in [-0.1, -0.05) is 36.4 Å². The number of aromatic nitrogens is 3. The highest BCUT2D eigenvalue weighted by molar-refractivity contribution is 5.76. The van der Waals surface area contributed by atoms with E-state index in [1.165, 1.54) is 14.7 Å². The van der Waals surface area contributed by atoms with Gasteiger partial charge in [0.25, 0.3) is 5.56 Å². The van der Waals surface area contributed by atoms with Crippen molar-refractivity contribution in [1.29, 1.82) is 0 Å². The standard InChI is InChI=1S/C38H47FN6O4/c1-25(2)43-19-17-42(18-20-43)24-26-9-11-27(12-10-26)28-7-6-8-32(21-28)44-34-33(22-29(39)23-40-34)35(46)45(37(44)48)31-15-13-30(14-16-31)41-36(47)49-38(3,4)5/h6-12,21-23,25,30-31H,13-20,24H2,1-5H3,(H,41,47)/t30-,31+. The van der Waals surface area contributed by atoms with Crippen LogP contribution in [0, 0.1) is 5.82 Å². The van der Waals surface area contributed by atoms with Crippen LogP contribution in [0.25, 0.3) is 27.8 Å². The minimum absolute atomic E-state index is 0.0394. The molecule has 260 valence electrons. The summed E-state index contributed by atoms with van der Waals surface area (Å²) in [6.07, 6.45) is 2.65. The minimum atomic E-state index is -0.651. The minimum Gasteiger partial charge on any atom is -0.444 e. The summed E-state index contributed by atoms with van der Waals surface area (Å²) in [6, 6.07) is 17.2. The fourth-order valence-corrected chi connectivity index (χ4v) is 7.01. The number of ether oxygens (including phenoxy) is 1.